The molecule has 0 unspecified atom stereocenters. The maximum absolute atomic E-state index is 14.8. The van der Waals surface area contributed by atoms with E-state index in [0.29, 0.717) is 45.2 Å². The van der Waals surface area contributed by atoms with Gasteiger partial charge in [0.25, 0.3) is 11.8 Å². The molecule has 0 bridgehead atoms. The Bertz CT molecular complexity index is 1080. The van der Waals surface area contributed by atoms with E-state index in [4.69, 9.17) is 0 Å². The quantitative estimate of drug-likeness (QED) is 0.635. The summed E-state index contributed by atoms with van der Waals surface area (Å²) in [6.07, 6.45) is 3.96. The molecule has 1 aliphatic heterocycles. The van der Waals surface area contributed by atoms with Crippen LogP contribution in [0.5, 0.6) is 0 Å². The zero-order valence-corrected chi connectivity index (χ0v) is 18.4. The molecule has 2 fully saturated rings. The number of halogens is 4. The highest BCUT2D eigenvalue weighted by molar-refractivity contribution is 5.96. The fraction of sp³-hybridized carbons (Fsp3) is 0.458. The van der Waals surface area contributed by atoms with Crippen molar-refractivity contribution in [2.24, 2.45) is 5.92 Å². The van der Waals surface area contributed by atoms with E-state index >= 15 is 0 Å². The van der Waals surface area contributed by atoms with Gasteiger partial charge in [0, 0.05) is 25.2 Å². The summed E-state index contributed by atoms with van der Waals surface area (Å²) in [6, 6.07) is 3.03. The number of carbonyl (C=O) groups is 2. The second-order valence-electron chi connectivity index (χ2n) is 8.94. The Morgan fingerprint density at radius 3 is 2.52 bits per heavy atom. The molecule has 9 heteroatoms. The number of benzene rings is 1. The van der Waals surface area contributed by atoms with Crippen molar-refractivity contribution in [3.05, 3.63) is 64.5 Å². The highest BCUT2D eigenvalue weighted by Crippen LogP contribution is 2.43. The van der Waals surface area contributed by atoms with Gasteiger partial charge in [0.15, 0.2) is 0 Å². The van der Waals surface area contributed by atoms with E-state index in [1.165, 1.54) is 11.1 Å². The summed E-state index contributed by atoms with van der Waals surface area (Å²) in [7, 11) is 0. The van der Waals surface area contributed by atoms with Gasteiger partial charge in [-0.2, -0.15) is 0 Å². The Kier molecular flexibility index (Phi) is 6.16. The monoisotopic (exact) mass is 463 g/mol. The van der Waals surface area contributed by atoms with Crippen LogP contribution in [0.25, 0.3) is 0 Å². The van der Waals surface area contributed by atoms with E-state index < -0.39 is 41.1 Å². The number of aryl methyl sites for hydroxylation is 1. The van der Waals surface area contributed by atoms with Crippen LogP contribution >= 0.6 is 0 Å². The van der Waals surface area contributed by atoms with Gasteiger partial charge >= 0.3 is 0 Å². The molecule has 5 nitrogen and oxygen atoms in total. The first-order valence-corrected chi connectivity index (χ1v) is 11.0. The lowest BCUT2D eigenvalue weighted by Gasteiger charge is -2.27. The highest BCUT2D eigenvalue weighted by atomic mass is 19.3. The van der Waals surface area contributed by atoms with Gasteiger partial charge in [0.05, 0.1) is 11.6 Å². The minimum Gasteiger partial charge on any atom is -0.347 e. The lowest BCUT2D eigenvalue weighted by Crippen LogP contribution is -2.47. The second-order valence-corrected chi connectivity index (χ2v) is 8.94. The van der Waals surface area contributed by atoms with E-state index in [-0.39, 0.29) is 23.1 Å². The topological polar surface area (TPSA) is 62.3 Å². The molecule has 1 saturated carbocycles. The summed E-state index contributed by atoms with van der Waals surface area (Å²) >= 11 is 0. The molecular weight excluding hydrogens is 438 g/mol. The Balaban J connectivity index is 1.56. The zero-order chi connectivity index (χ0) is 23.9. The molecule has 2 aliphatic rings. The number of carbonyl (C=O) groups excluding carboxylic acids is 2. The van der Waals surface area contributed by atoms with Crippen molar-refractivity contribution in [2.75, 3.05) is 6.54 Å². The molecule has 0 spiro atoms. The summed E-state index contributed by atoms with van der Waals surface area (Å²) in [5, 5.41) is 2.76. The van der Waals surface area contributed by atoms with Crippen molar-refractivity contribution in [3.63, 3.8) is 0 Å². The average molecular weight is 463 g/mol. The molecule has 2 heterocycles. The van der Waals surface area contributed by atoms with Gasteiger partial charge in [-0.15, -0.1) is 0 Å². The van der Waals surface area contributed by atoms with Crippen LogP contribution in [0.15, 0.2) is 30.5 Å². The van der Waals surface area contributed by atoms with Crippen LogP contribution in [-0.4, -0.2) is 34.3 Å². The van der Waals surface area contributed by atoms with Crippen LogP contribution in [0, 0.1) is 24.5 Å². The standard InChI is InChI=1S/C24H25F4N3O2/c1-13-7-8-29-19(10-13)23(33)31-9-3-4-20(31)22(32)30-21(14-5-6-14)15-11-18(26)16(12-17(15)25)24(2,27)28/h7-8,10-12,14,20-21H,3-6,9H2,1-2H3,(H,30,32)/t20-,21-/m1/s1. The number of pyridine rings is 1. The molecule has 1 aromatic carbocycles. The fourth-order valence-electron chi connectivity index (χ4n) is 4.35. The first-order valence-electron chi connectivity index (χ1n) is 11.0. The molecule has 1 aliphatic carbocycles. The van der Waals surface area contributed by atoms with E-state index in [1.807, 2.05) is 6.92 Å². The number of aromatic nitrogens is 1. The van der Waals surface area contributed by atoms with Crippen molar-refractivity contribution in [2.45, 2.75) is 57.5 Å². The normalized spacial score (nSPS) is 19.5. The van der Waals surface area contributed by atoms with Crippen LogP contribution in [0.1, 0.15) is 65.8 Å². The summed E-state index contributed by atoms with van der Waals surface area (Å²) in [6.45, 7) is 2.71. The van der Waals surface area contributed by atoms with Crippen molar-refractivity contribution >= 4 is 11.8 Å². The summed E-state index contributed by atoms with van der Waals surface area (Å²) < 4.78 is 56.3. The molecule has 2 amide bonds. The molecule has 2 aromatic rings. The van der Waals surface area contributed by atoms with Gasteiger partial charge < -0.3 is 10.2 Å². The number of nitrogens with zero attached hydrogens (tertiary/aromatic N) is 2. The van der Waals surface area contributed by atoms with Gasteiger partial charge in [0.2, 0.25) is 5.91 Å². The third-order valence-corrected chi connectivity index (χ3v) is 6.24. The SMILES string of the molecule is Cc1ccnc(C(=O)N2CCC[C@@H]2C(=O)N[C@@H](c2cc(F)c(C(C)(F)F)cc2F)C2CC2)c1. The van der Waals surface area contributed by atoms with Crippen molar-refractivity contribution in [3.8, 4) is 0 Å². The molecule has 1 N–H and O–H groups in total. The van der Waals surface area contributed by atoms with E-state index in [9.17, 15) is 27.2 Å². The minimum absolute atomic E-state index is 0.125. The van der Waals surface area contributed by atoms with Gasteiger partial charge in [0.1, 0.15) is 23.4 Å². The third kappa shape index (κ3) is 4.86. The maximum Gasteiger partial charge on any atom is 0.273 e. The summed E-state index contributed by atoms with van der Waals surface area (Å²) in [5.41, 5.74) is -0.0889. The molecule has 1 saturated heterocycles. The molecule has 176 valence electrons. The zero-order valence-electron chi connectivity index (χ0n) is 18.4. The lowest BCUT2D eigenvalue weighted by atomic mass is 9.97. The van der Waals surface area contributed by atoms with Crippen LogP contribution in [0.4, 0.5) is 17.6 Å². The molecular formula is C24H25F4N3O2. The summed E-state index contributed by atoms with van der Waals surface area (Å²) in [4.78, 5) is 31.6. The molecule has 33 heavy (non-hydrogen) atoms. The first-order chi connectivity index (χ1) is 15.6. The van der Waals surface area contributed by atoms with Crippen molar-refractivity contribution < 1.29 is 27.2 Å². The van der Waals surface area contributed by atoms with Crippen LogP contribution in [0.2, 0.25) is 0 Å². The molecule has 0 radical (unpaired) electrons. The number of hydrogen-bond acceptors (Lipinski definition) is 3. The average Bonchev–Trinajstić information content (AvgIpc) is 3.47. The lowest BCUT2D eigenvalue weighted by molar-refractivity contribution is -0.125. The Morgan fingerprint density at radius 2 is 1.88 bits per heavy atom. The molecule has 1 aromatic heterocycles. The first kappa shape index (κ1) is 23.2. The van der Waals surface area contributed by atoms with Crippen LogP contribution in [0.3, 0.4) is 0 Å². The number of likely N-dealkylation sites (tertiary alicyclic amines) is 1. The van der Waals surface area contributed by atoms with E-state index in [2.05, 4.69) is 10.3 Å². The molecule has 2 atom stereocenters. The van der Waals surface area contributed by atoms with E-state index in [0.717, 1.165) is 11.6 Å². The number of rotatable bonds is 6. The predicted molar refractivity (Wildman–Crippen MR) is 113 cm³/mol. The molecule has 4 rings (SSSR count). The number of nitrogens with one attached hydrogen (secondary N) is 1. The van der Waals surface area contributed by atoms with Crippen molar-refractivity contribution in [1.29, 1.82) is 0 Å². The van der Waals surface area contributed by atoms with Gasteiger partial charge in [-0.1, -0.05) is 0 Å². The van der Waals surface area contributed by atoms with Gasteiger partial charge in [-0.25, -0.2) is 17.6 Å². The highest BCUT2D eigenvalue weighted by Gasteiger charge is 2.41. The Morgan fingerprint density at radius 1 is 1.15 bits per heavy atom. The second kappa shape index (κ2) is 8.76. The fourth-order valence-corrected chi connectivity index (χ4v) is 4.35. The Hall–Kier alpha value is -2.97. The smallest absolute Gasteiger partial charge is 0.273 e. The Labute approximate surface area is 189 Å². The van der Waals surface area contributed by atoms with Crippen LogP contribution in [-0.2, 0) is 10.7 Å². The van der Waals surface area contributed by atoms with Gasteiger partial charge in [-0.05, 0) is 68.4 Å². The van der Waals surface area contributed by atoms with Crippen molar-refractivity contribution in [1.82, 2.24) is 15.2 Å². The number of alkyl halides is 2. The third-order valence-electron chi connectivity index (χ3n) is 6.24. The predicted octanol–water partition coefficient (Wildman–Crippen LogP) is 4.65. The minimum atomic E-state index is -3.53. The largest absolute Gasteiger partial charge is 0.347 e. The van der Waals surface area contributed by atoms with Crippen LogP contribution < -0.4 is 5.32 Å². The maximum atomic E-state index is 14.8. The van der Waals surface area contributed by atoms with E-state index in [1.54, 1.807) is 12.1 Å². The van der Waals surface area contributed by atoms with Gasteiger partial charge in [-0.3, -0.25) is 14.6 Å². The number of amides is 2. The number of hydrogen-bond donors (Lipinski definition) is 1. The summed E-state index contributed by atoms with van der Waals surface area (Å²) in [5.74, 6) is -6.72.